The maximum Gasteiger partial charge on any atom is 0.213 e. The van der Waals surface area contributed by atoms with Crippen LogP contribution in [0.2, 0.25) is 0 Å². The molecular weight excluding hydrogens is 232 g/mol. The van der Waals surface area contributed by atoms with E-state index in [1.54, 1.807) is 0 Å². The van der Waals surface area contributed by atoms with Crippen molar-refractivity contribution in [2.45, 2.75) is 32.4 Å². The minimum absolute atomic E-state index is 0.284. The largest absolute Gasteiger partial charge is 0.374 e. The first-order valence-electron chi connectivity index (χ1n) is 6.57. The molecule has 6 heteroatoms. The molecule has 6 nitrogen and oxygen atoms in total. The highest BCUT2D eigenvalue weighted by Gasteiger charge is 2.21. The molecule has 0 bridgehead atoms. The smallest absolute Gasteiger partial charge is 0.213 e. The Bertz CT molecular complexity index is 329. The molecule has 0 amide bonds. The third-order valence-electron chi connectivity index (χ3n) is 3.20. The number of morpholine rings is 1. The van der Waals surface area contributed by atoms with Crippen LogP contribution >= 0.6 is 0 Å². The molecule has 2 heterocycles. The van der Waals surface area contributed by atoms with Crippen LogP contribution in [0.5, 0.6) is 0 Å². The summed E-state index contributed by atoms with van der Waals surface area (Å²) in [6.45, 7) is 9.06. The van der Waals surface area contributed by atoms with Gasteiger partial charge in [-0.15, -0.1) is 0 Å². The highest BCUT2D eigenvalue weighted by molar-refractivity contribution is 4.80. The zero-order valence-electron chi connectivity index (χ0n) is 11.1. The molecule has 0 saturated carbocycles. The average molecular weight is 254 g/mol. The summed E-state index contributed by atoms with van der Waals surface area (Å²) in [5.41, 5.74) is 0. The zero-order chi connectivity index (χ0) is 12.8. The van der Waals surface area contributed by atoms with Crippen LogP contribution in [-0.2, 0) is 11.2 Å². The first kappa shape index (κ1) is 13.5. The van der Waals surface area contributed by atoms with Crippen LogP contribution in [0.15, 0.2) is 10.9 Å². The lowest BCUT2D eigenvalue weighted by atomic mass is 10.2. The molecule has 2 rings (SSSR count). The van der Waals surface area contributed by atoms with Gasteiger partial charge in [0.25, 0.3) is 0 Å². The molecule has 0 aromatic carbocycles. The standard InChI is InChI=1S/C12H22N4O2/c1-10(2)16-5-6-17-11(8-16)7-13-4-3-12-14-9-18-15-12/h9-11,13H,3-8H2,1-2H3. The van der Waals surface area contributed by atoms with Crippen molar-refractivity contribution in [3.8, 4) is 0 Å². The van der Waals surface area contributed by atoms with E-state index in [-0.39, 0.29) is 6.10 Å². The fourth-order valence-electron chi connectivity index (χ4n) is 2.10. The molecule has 1 saturated heterocycles. The van der Waals surface area contributed by atoms with Gasteiger partial charge in [0.15, 0.2) is 5.82 Å². The second-order valence-corrected chi connectivity index (χ2v) is 4.88. The number of hydrogen-bond donors (Lipinski definition) is 1. The van der Waals surface area contributed by atoms with Crippen LogP contribution in [0, 0.1) is 0 Å². The van der Waals surface area contributed by atoms with Crippen LogP contribution in [0.4, 0.5) is 0 Å². The summed E-state index contributed by atoms with van der Waals surface area (Å²) in [6.07, 6.45) is 2.43. The third-order valence-corrected chi connectivity index (χ3v) is 3.20. The molecule has 1 atom stereocenters. The SMILES string of the molecule is CC(C)N1CCOC(CNCCc2ncon2)C1. The van der Waals surface area contributed by atoms with Crippen molar-refractivity contribution in [1.82, 2.24) is 20.4 Å². The molecule has 0 aliphatic carbocycles. The Kier molecular flexibility index (Phi) is 5.10. The Morgan fingerprint density at radius 2 is 2.44 bits per heavy atom. The lowest BCUT2D eigenvalue weighted by Gasteiger charge is -2.35. The zero-order valence-corrected chi connectivity index (χ0v) is 11.1. The normalized spacial score (nSPS) is 21.6. The van der Waals surface area contributed by atoms with Gasteiger partial charge in [-0.25, -0.2) is 0 Å². The first-order chi connectivity index (χ1) is 8.75. The fraction of sp³-hybridized carbons (Fsp3) is 0.833. The van der Waals surface area contributed by atoms with Gasteiger partial charge in [-0.3, -0.25) is 4.90 Å². The first-order valence-corrected chi connectivity index (χ1v) is 6.57. The van der Waals surface area contributed by atoms with Gasteiger partial charge in [-0.2, -0.15) is 4.98 Å². The second kappa shape index (κ2) is 6.82. The Labute approximate surface area is 108 Å². The Hall–Kier alpha value is -0.980. The monoisotopic (exact) mass is 254 g/mol. The summed E-state index contributed by atoms with van der Waals surface area (Å²) in [6, 6.07) is 0.593. The maximum absolute atomic E-state index is 5.74. The highest BCUT2D eigenvalue weighted by Crippen LogP contribution is 2.07. The van der Waals surface area contributed by atoms with Crippen LogP contribution in [0.25, 0.3) is 0 Å². The average Bonchev–Trinajstić information content (AvgIpc) is 2.88. The number of nitrogens with zero attached hydrogens (tertiary/aromatic N) is 3. The quantitative estimate of drug-likeness (QED) is 0.737. The molecule has 0 radical (unpaired) electrons. The topological polar surface area (TPSA) is 63.4 Å². The third kappa shape index (κ3) is 4.04. The Morgan fingerprint density at radius 1 is 1.56 bits per heavy atom. The van der Waals surface area contributed by atoms with E-state index in [0.717, 1.165) is 45.0 Å². The Morgan fingerprint density at radius 3 is 3.17 bits per heavy atom. The van der Waals surface area contributed by atoms with E-state index in [1.165, 1.54) is 6.39 Å². The summed E-state index contributed by atoms with van der Waals surface area (Å²) >= 11 is 0. The molecule has 1 aromatic rings. The van der Waals surface area contributed by atoms with E-state index in [2.05, 4.69) is 38.7 Å². The van der Waals surface area contributed by atoms with Crippen LogP contribution in [-0.4, -0.2) is 60.0 Å². The van der Waals surface area contributed by atoms with Crippen LogP contribution < -0.4 is 5.32 Å². The van der Waals surface area contributed by atoms with Crippen LogP contribution in [0.3, 0.4) is 0 Å². The van der Waals surface area contributed by atoms with Crippen molar-refractivity contribution in [2.24, 2.45) is 0 Å². The number of hydrogen-bond acceptors (Lipinski definition) is 6. The van der Waals surface area contributed by atoms with Gasteiger partial charge in [0.05, 0.1) is 12.7 Å². The Balaban J connectivity index is 1.61. The minimum Gasteiger partial charge on any atom is -0.374 e. The van der Waals surface area contributed by atoms with Crippen molar-refractivity contribution < 1.29 is 9.26 Å². The molecule has 1 unspecified atom stereocenters. The molecule has 1 aliphatic heterocycles. The number of nitrogens with one attached hydrogen (secondary N) is 1. The van der Waals surface area contributed by atoms with Gasteiger partial charge in [-0.05, 0) is 13.8 Å². The molecular formula is C12H22N4O2. The van der Waals surface area contributed by atoms with E-state index < -0.39 is 0 Å². The van der Waals surface area contributed by atoms with Gasteiger partial charge >= 0.3 is 0 Å². The lowest BCUT2D eigenvalue weighted by molar-refractivity contribution is -0.0370. The fourth-order valence-corrected chi connectivity index (χ4v) is 2.10. The van der Waals surface area contributed by atoms with Gasteiger partial charge in [-0.1, -0.05) is 5.16 Å². The number of aromatic nitrogens is 2. The summed E-state index contributed by atoms with van der Waals surface area (Å²) in [5, 5.41) is 7.15. The van der Waals surface area contributed by atoms with E-state index in [0.29, 0.717) is 6.04 Å². The van der Waals surface area contributed by atoms with Crippen molar-refractivity contribution >= 4 is 0 Å². The summed E-state index contributed by atoms with van der Waals surface area (Å²) in [5.74, 6) is 0.746. The van der Waals surface area contributed by atoms with E-state index in [1.807, 2.05) is 0 Å². The van der Waals surface area contributed by atoms with Gasteiger partial charge in [0.2, 0.25) is 6.39 Å². The molecule has 18 heavy (non-hydrogen) atoms. The molecule has 1 fully saturated rings. The summed E-state index contributed by atoms with van der Waals surface area (Å²) in [4.78, 5) is 6.43. The number of ether oxygens (including phenoxy) is 1. The van der Waals surface area contributed by atoms with Crippen LogP contribution in [0.1, 0.15) is 19.7 Å². The van der Waals surface area contributed by atoms with E-state index >= 15 is 0 Å². The summed E-state index contributed by atoms with van der Waals surface area (Å²) < 4.78 is 10.4. The highest BCUT2D eigenvalue weighted by atomic mass is 16.5. The molecule has 102 valence electrons. The van der Waals surface area contributed by atoms with Gasteiger partial charge in [0.1, 0.15) is 0 Å². The summed E-state index contributed by atoms with van der Waals surface area (Å²) in [7, 11) is 0. The van der Waals surface area contributed by atoms with Crippen molar-refractivity contribution in [3.63, 3.8) is 0 Å². The van der Waals surface area contributed by atoms with Crippen molar-refractivity contribution in [3.05, 3.63) is 12.2 Å². The van der Waals surface area contributed by atoms with Gasteiger partial charge < -0.3 is 14.6 Å². The minimum atomic E-state index is 0.284. The predicted octanol–water partition coefficient (Wildman–Crippen LogP) is 0.311. The van der Waals surface area contributed by atoms with Crippen molar-refractivity contribution in [2.75, 3.05) is 32.8 Å². The van der Waals surface area contributed by atoms with Crippen molar-refractivity contribution in [1.29, 1.82) is 0 Å². The molecule has 1 aliphatic rings. The van der Waals surface area contributed by atoms with Gasteiger partial charge in [0, 0.05) is 38.6 Å². The van der Waals surface area contributed by atoms with E-state index in [4.69, 9.17) is 4.74 Å². The maximum atomic E-state index is 5.74. The lowest BCUT2D eigenvalue weighted by Crippen LogP contribution is -2.49. The second-order valence-electron chi connectivity index (χ2n) is 4.88. The number of rotatable bonds is 6. The van der Waals surface area contributed by atoms with E-state index in [9.17, 15) is 0 Å². The predicted molar refractivity (Wildman–Crippen MR) is 67.3 cm³/mol. The molecule has 0 spiro atoms. The molecule has 1 N–H and O–H groups in total. The molecule has 1 aromatic heterocycles.